The van der Waals surface area contributed by atoms with E-state index in [-0.39, 0.29) is 10.8 Å². The fraction of sp³-hybridized carbons (Fsp3) is 0.588. The largest absolute Gasteiger partial charge is 0.355 e. The molecule has 1 aromatic rings. The molecule has 5 nitrogen and oxygen atoms in total. The van der Waals surface area contributed by atoms with Crippen molar-refractivity contribution >= 4 is 15.9 Å². The second-order valence-electron chi connectivity index (χ2n) is 6.09. The van der Waals surface area contributed by atoms with Crippen LogP contribution in [0.5, 0.6) is 0 Å². The fourth-order valence-corrected chi connectivity index (χ4v) is 4.42. The molecule has 0 radical (unpaired) electrons. The molecule has 2 N–H and O–H groups in total. The molecule has 0 bridgehead atoms. The molecule has 6 heteroatoms. The van der Waals surface area contributed by atoms with Crippen LogP contribution in [0.3, 0.4) is 0 Å². The lowest BCUT2D eigenvalue weighted by atomic mass is 9.95. The molecule has 0 saturated heterocycles. The monoisotopic (exact) mass is 340 g/mol. The number of benzene rings is 1. The van der Waals surface area contributed by atoms with E-state index in [1.807, 2.05) is 41.5 Å². The highest BCUT2D eigenvalue weighted by atomic mass is 32.2. The Morgan fingerprint density at radius 2 is 1.39 bits per heavy atom. The van der Waals surface area contributed by atoms with Crippen molar-refractivity contribution in [3.63, 3.8) is 0 Å². The maximum absolute atomic E-state index is 12.8. The fourth-order valence-electron chi connectivity index (χ4n) is 2.62. The minimum absolute atomic E-state index is 0.285. The Morgan fingerprint density at radius 1 is 0.957 bits per heavy atom. The van der Waals surface area contributed by atoms with Crippen LogP contribution in [0.15, 0.2) is 4.90 Å². The molecule has 0 heterocycles. The molecule has 0 aliphatic carbocycles. The van der Waals surface area contributed by atoms with Crippen molar-refractivity contribution in [2.24, 2.45) is 0 Å². The second-order valence-corrected chi connectivity index (χ2v) is 7.74. The summed E-state index contributed by atoms with van der Waals surface area (Å²) in [7, 11) is -3.76. The van der Waals surface area contributed by atoms with Crippen molar-refractivity contribution in [1.29, 1.82) is 0 Å². The van der Waals surface area contributed by atoms with E-state index in [0.717, 1.165) is 34.2 Å². The summed E-state index contributed by atoms with van der Waals surface area (Å²) in [6.07, 6.45) is 0.805. The van der Waals surface area contributed by atoms with E-state index in [1.165, 1.54) is 0 Å². The van der Waals surface area contributed by atoms with E-state index in [4.69, 9.17) is 0 Å². The van der Waals surface area contributed by atoms with Gasteiger partial charge in [-0.3, -0.25) is 4.79 Å². The molecule has 0 unspecified atom stereocenters. The average Bonchev–Trinajstić information content (AvgIpc) is 2.47. The third-order valence-electron chi connectivity index (χ3n) is 4.47. The highest BCUT2D eigenvalue weighted by Crippen LogP contribution is 2.29. The zero-order valence-electron chi connectivity index (χ0n) is 15.1. The zero-order valence-corrected chi connectivity index (χ0v) is 15.9. The van der Waals surface area contributed by atoms with Gasteiger partial charge in [0, 0.05) is 6.54 Å². The van der Waals surface area contributed by atoms with E-state index >= 15 is 0 Å². The quantitative estimate of drug-likeness (QED) is 0.835. The maximum atomic E-state index is 12.8. The van der Waals surface area contributed by atoms with Crippen LogP contribution >= 0.6 is 0 Å². The molecule has 1 rings (SSSR count). The van der Waals surface area contributed by atoms with Crippen molar-refractivity contribution in [3.05, 3.63) is 27.8 Å². The van der Waals surface area contributed by atoms with Gasteiger partial charge < -0.3 is 5.32 Å². The molecule has 0 fully saturated rings. The van der Waals surface area contributed by atoms with E-state index in [1.54, 1.807) is 6.92 Å². The predicted molar refractivity (Wildman–Crippen MR) is 93.2 cm³/mol. The number of carbonyl (C=O) groups excluding carboxylic acids is 1. The molecule has 0 saturated carbocycles. The number of amides is 1. The Hall–Kier alpha value is -1.40. The van der Waals surface area contributed by atoms with E-state index in [2.05, 4.69) is 10.0 Å². The summed E-state index contributed by atoms with van der Waals surface area (Å²) in [5.74, 6) is -0.314. The second kappa shape index (κ2) is 7.45. The van der Waals surface area contributed by atoms with Crippen molar-refractivity contribution in [1.82, 2.24) is 10.0 Å². The minimum atomic E-state index is -3.76. The van der Waals surface area contributed by atoms with Gasteiger partial charge in [-0.05, 0) is 75.8 Å². The molecule has 0 aliphatic heterocycles. The zero-order chi connectivity index (χ0) is 17.9. The van der Waals surface area contributed by atoms with Crippen LogP contribution in [0.2, 0.25) is 0 Å². The SMILES string of the molecule is CCCNC(=O)[C@H](C)NS(=O)(=O)c1c(C)c(C)c(C)c(C)c1C. The maximum Gasteiger partial charge on any atom is 0.241 e. The summed E-state index contributed by atoms with van der Waals surface area (Å²) in [6, 6.07) is -0.813. The van der Waals surface area contributed by atoms with Gasteiger partial charge in [-0.25, -0.2) is 8.42 Å². The molecule has 0 spiro atoms. The standard InChI is InChI=1S/C17H28N2O3S/c1-8-9-18-17(20)15(7)19-23(21,22)16-13(5)11(3)10(2)12(4)14(16)6/h15,19H,8-9H2,1-7H3,(H,18,20)/t15-/m0/s1. The number of carbonyl (C=O) groups is 1. The van der Waals surface area contributed by atoms with Crippen LogP contribution in [0, 0.1) is 34.6 Å². The van der Waals surface area contributed by atoms with Gasteiger partial charge in [-0.2, -0.15) is 4.72 Å². The molecular weight excluding hydrogens is 312 g/mol. The Bertz CT molecular complexity index is 680. The van der Waals surface area contributed by atoms with Crippen molar-refractivity contribution in [2.45, 2.75) is 65.8 Å². The number of rotatable bonds is 6. The minimum Gasteiger partial charge on any atom is -0.355 e. The van der Waals surface area contributed by atoms with Crippen LogP contribution in [-0.2, 0) is 14.8 Å². The summed E-state index contributed by atoms with van der Waals surface area (Å²) < 4.78 is 28.1. The van der Waals surface area contributed by atoms with Crippen LogP contribution < -0.4 is 10.0 Å². The Kier molecular flexibility index (Phi) is 6.36. The normalized spacial score (nSPS) is 13.0. The van der Waals surface area contributed by atoms with Crippen molar-refractivity contribution < 1.29 is 13.2 Å². The number of sulfonamides is 1. The molecule has 1 aromatic carbocycles. The molecule has 1 amide bonds. The number of hydrogen-bond donors (Lipinski definition) is 2. The molecule has 0 aliphatic rings. The molecular formula is C17H28N2O3S. The molecule has 0 aromatic heterocycles. The van der Waals surface area contributed by atoms with E-state index < -0.39 is 16.1 Å². The van der Waals surface area contributed by atoms with Gasteiger partial charge in [0.1, 0.15) is 0 Å². The third-order valence-corrected chi connectivity index (χ3v) is 6.29. The summed E-state index contributed by atoms with van der Waals surface area (Å²) in [6.45, 7) is 13.5. The Morgan fingerprint density at radius 3 is 1.83 bits per heavy atom. The number of nitrogens with one attached hydrogen (secondary N) is 2. The summed E-state index contributed by atoms with van der Waals surface area (Å²) in [4.78, 5) is 12.2. The predicted octanol–water partition coefficient (Wildman–Crippen LogP) is 2.42. The first-order valence-corrected chi connectivity index (χ1v) is 9.39. The first kappa shape index (κ1) is 19.6. The van der Waals surface area contributed by atoms with E-state index in [9.17, 15) is 13.2 Å². The molecule has 1 atom stereocenters. The lowest BCUT2D eigenvalue weighted by molar-refractivity contribution is -0.122. The summed E-state index contributed by atoms with van der Waals surface area (Å²) in [5, 5.41) is 2.70. The van der Waals surface area contributed by atoms with Gasteiger partial charge in [0.25, 0.3) is 0 Å². The van der Waals surface area contributed by atoms with Crippen molar-refractivity contribution in [3.8, 4) is 0 Å². The van der Waals surface area contributed by atoms with Crippen LogP contribution in [0.25, 0.3) is 0 Å². The lowest BCUT2D eigenvalue weighted by Gasteiger charge is -2.21. The van der Waals surface area contributed by atoms with Gasteiger partial charge in [0.05, 0.1) is 10.9 Å². The van der Waals surface area contributed by atoms with Crippen LogP contribution in [-0.4, -0.2) is 26.9 Å². The van der Waals surface area contributed by atoms with E-state index in [0.29, 0.717) is 6.54 Å². The first-order valence-electron chi connectivity index (χ1n) is 7.91. The highest BCUT2D eigenvalue weighted by Gasteiger charge is 2.27. The first-order chi connectivity index (χ1) is 10.5. The molecule has 23 heavy (non-hydrogen) atoms. The highest BCUT2D eigenvalue weighted by molar-refractivity contribution is 7.89. The molecule has 130 valence electrons. The van der Waals surface area contributed by atoms with Gasteiger partial charge in [-0.15, -0.1) is 0 Å². The topological polar surface area (TPSA) is 75.3 Å². The van der Waals surface area contributed by atoms with Crippen LogP contribution in [0.4, 0.5) is 0 Å². The van der Waals surface area contributed by atoms with Gasteiger partial charge >= 0.3 is 0 Å². The van der Waals surface area contributed by atoms with Gasteiger partial charge in [0.2, 0.25) is 15.9 Å². The number of hydrogen-bond acceptors (Lipinski definition) is 3. The summed E-state index contributed by atoms with van der Waals surface area (Å²) in [5.41, 5.74) is 4.51. The lowest BCUT2D eigenvalue weighted by Crippen LogP contribution is -2.45. The Balaban J connectivity index is 3.23. The van der Waals surface area contributed by atoms with Crippen LogP contribution in [0.1, 0.15) is 48.1 Å². The average molecular weight is 340 g/mol. The van der Waals surface area contributed by atoms with Gasteiger partial charge in [0.15, 0.2) is 0 Å². The third kappa shape index (κ3) is 4.12. The smallest absolute Gasteiger partial charge is 0.241 e. The Labute approximate surface area is 139 Å². The van der Waals surface area contributed by atoms with Gasteiger partial charge in [-0.1, -0.05) is 6.92 Å². The van der Waals surface area contributed by atoms with Crippen molar-refractivity contribution in [2.75, 3.05) is 6.54 Å². The summed E-state index contributed by atoms with van der Waals surface area (Å²) >= 11 is 0.